The van der Waals surface area contributed by atoms with Crippen LogP contribution in [0.2, 0.25) is 0 Å². The van der Waals surface area contributed by atoms with Crippen LogP contribution >= 0.6 is 0 Å². The van der Waals surface area contributed by atoms with Gasteiger partial charge in [-0.05, 0) is 37.0 Å². The van der Waals surface area contributed by atoms with Gasteiger partial charge in [-0.25, -0.2) is 0 Å². The number of phenolic OH excluding ortho intramolecular Hbond substituents is 1. The Labute approximate surface area is 89.8 Å². The highest BCUT2D eigenvalue weighted by atomic mass is 16.3. The van der Waals surface area contributed by atoms with Crippen molar-refractivity contribution < 1.29 is 10.2 Å². The van der Waals surface area contributed by atoms with Gasteiger partial charge >= 0.3 is 0 Å². The molecular weight excluding hydrogens is 190 g/mol. The Balaban J connectivity index is 1.85. The van der Waals surface area contributed by atoms with Crippen molar-refractivity contribution in [2.45, 2.75) is 38.0 Å². The highest BCUT2D eigenvalue weighted by molar-refractivity contribution is 5.25. The Morgan fingerprint density at radius 2 is 1.93 bits per heavy atom. The van der Waals surface area contributed by atoms with E-state index in [-0.39, 0.29) is 12.1 Å². The molecule has 1 aromatic rings. The molecule has 0 amide bonds. The SMILES string of the molecule is Oc1ccc(CNC2CCCC2O)cc1. The van der Waals surface area contributed by atoms with Crippen molar-refractivity contribution in [1.29, 1.82) is 0 Å². The second-order valence-corrected chi connectivity index (χ2v) is 4.15. The van der Waals surface area contributed by atoms with Gasteiger partial charge in [-0.15, -0.1) is 0 Å². The summed E-state index contributed by atoms with van der Waals surface area (Å²) in [5.41, 5.74) is 1.13. The molecule has 0 aromatic heterocycles. The third kappa shape index (κ3) is 2.70. The molecule has 3 N–H and O–H groups in total. The van der Waals surface area contributed by atoms with E-state index in [9.17, 15) is 5.11 Å². The maximum atomic E-state index is 9.61. The van der Waals surface area contributed by atoms with E-state index in [0.29, 0.717) is 5.75 Å². The second kappa shape index (κ2) is 4.64. The summed E-state index contributed by atoms with van der Waals surface area (Å²) in [6.07, 6.45) is 2.88. The van der Waals surface area contributed by atoms with Crippen LogP contribution in [0.5, 0.6) is 5.75 Å². The summed E-state index contributed by atoms with van der Waals surface area (Å²) in [6.45, 7) is 0.752. The fourth-order valence-electron chi connectivity index (χ4n) is 2.04. The maximum absolute atomic E-state index is 9.61. The van der Waals surface area contributed by atoms with Crippen molar-refractivity contribution in [2.24, 2.45) is 0 Å². The zero-order valence-corrected chi connectivity index (χ0v) is 8.69. The Morgan fingerprint density at radius 3 is 2.53 bits per heavy atom. The lowest BCUT2D eigenvalue weighted by atomic mass is 10.1. The third-order valence-corrected chi connectivity index (χ3v) is 2.98. The number of hydrogen-bond acceptors (Lipinski definition) is 3. The molecule has 3 nitrogen and oxygen atoms in total. The van der Waals surface area contributed by atoms with Crippen molar-refractivity contribution in [3.63, 3.8) is 0 Å². The first kappa shape index (κ1) is 10.5. The summed E-state index contributed by atoms with van der Waals surface area (Å²) >= 11 is 0. The van der Waals surface area contributed by atoms with E-state index < -0.39 is 0 Å². The predicted octanol–water partition coefficient (Wildman–Crippen LogP) is 1.40. The summed E-state index contributed by atoms with van der Waals surface area (Å²) < 4.78 is 0. The van der Waals surface area contributed by atoms with Crippen LogP contribution in [0, 0.1) is 0 Å². The highest BCUT2D eigenvalue weighted by Gasteiger charge is 2.24. The lowest BCUT2D eigenvalue weighted by molar-refractivity contribution is 0.148. The molecule has 1 aliphatic rings. The van der Waals surface area contributed by atoms with Gasteiger partial charge < -0.3 is 15.5 Å². The summed E-state index contributed by atoms with van der Waals surface area (Å²) in [6, 6.07) is 7.39. The van der Waals surface area contributed by atoms with Gasteiger partial charge in [0.25, 0.3) is 0 Å². The van der Waals surface area contributed by atoms with Crippen LogP contribution in [0.1, 0.15) is 24.8 Å². The highest BCUT2D eigenvalue weighted by Crippen LogP contribution is 2.19. The van der Waals surface area contributed by atoms with Crippen molar-refractivity contribution in [3.8, 4) is 5.75 Å². The minimum Gasteiger partial charge on any atom is -0.508 e. The van der Waals surface area contributed by atoms with Crippen LogP contribution in [0.4, 0.5) is 0 Å². The zero-order valence-electron chi connectivity index (χ0n) is 8.69. The molecule has 3 heteroatoms. The fraction of sp³-hybridized carbons (Fsp3) is 0.500. The number of aliphatic hydroxyl groups excluding tert-OH is 1. The van der Waals surface area contributed by atoms with Crippen molar-refractivity contribution in [3.05, 3.63) is 29.8 Å². The van der Waals surface area contributed by atoms with Crippen molar-refractivity contribution in [2.75, 3.05) is 0 Å². The van der Waals surface area contributed by atoms with Gasteiger partial charge in [-0.1, -0.05) is 12.1 Å². The van der Waals surface area contributed by atoms with Gasteiger partial charge in [0, 0.05) is 12.6 Å². The standard InChI is InChI=1S/C12H17NO2/c14-10-6-4-9(5-7-10)8-13-11-2-1-3-12(11)15/h4-7,11-15H,1-3,8H2. The Morgan fingerprint density at radius 1 is 1.20 bits per heavy atom. The van der Waals surface area contributed by atoms with Gasteiger partial charge in [0.15, 0.2) is 0 Å². The molecule has 2 rings (SSSR count). The van der Waals surface area contributed by atoms with Crippen LogP contribution in [-0.4, -0.2) is 22.4 Å². The zero-order chi connectivity index (χ0) is 10.7. The molecule has 82 valence electrons. The minimum absolute atomic E-state index is 0.192. The molecule has 0 aliphatic heterocycles. The van der Waals surface area contributed by atoms with Gasteiger partial charge in [0.05, 0.1) is 6.10 Å². The molecule has 0 bridgehead atoms. The summed E-state index contributed by atoms with van der Waals surface area (Å²) in [7, 11) is 0. The lowest BCUT2D eigenvalue weighted by Crippen LogP contribution is -2.34. The second-order valence-electron chi connectivity index (χ2n) is 4.15. The average molecular weight is 207 g/mol. The Bertz CT molecular complexity index is 310. The molecule has 15 heavy (non-hydrogen) atoms. The Hall–Kier alpha value is -1.06. The minimum atomic E-state index is -0.192. The molecule has 0 radical (unpaired) electrons. The molecule has 2 unspecified atom stereocenters. The van der Waals surface area contributed by atoms with Crippen LogP contribution in [0.3, 0.4) is 0 Å². The molecule has 1 fully saturated rings. The average Bonchev–Trinajstić information content (AvgIpc) is 2.63. The number of rotatable bonds is 3. The van der Waals surface area contributed by atoms with Crippen LogP contribution in [-0.2, 0) is 6.54 Å². The van der Waals surface area contributed by atoms with Crippen LogP contribution < -0.4 is 5.32 Å². The normalized spacial score (nSPS) is 25.7. The quantitative estimate of drug-likeness (QED) is 0.702. The molecule has 1 aliphatic carbocycles. The topological polar surface area (TPSA) is 52.5 Å². The van der Waals surface area contributed by atoms with E-state index in [4.69, 9.17) is 5.11 Å². The summed E-state index contributed by atoms with van der Waals surface area (Å²) in [5.74, 6) is 0.291. The Kier molecular flexibility index (Phi) is 3.23. The van der Waals surface area contributed by atoms with Crippen molar-refractivity contribution >= 4 is 0 Å². The molecule has 1 aromatic carbocycles. The predicted molar refractivity (Wildman–Crippen MR) is 58.6 cm³/mol. The first-order chi connectivity index (χ1) is 7.25. The van der Waals surface area contributed by atoms with Crippen LogP contribution in [0.15, 0.2) is 24.3 Å². The summed E-state index contributed by atoms with van der Waals surface area (Å²) in [4.78, 5) is 0. The molecule has 1 saturated carbocycles. The first-order valence-corrected chi connectivity index (χ1v) is 5.45. The van der Waals surface area contributed by atoms with E-state index in [2.05, 4.69) is 5.32 Å². The fourth-order valence-corrected chi connectivity index (χ4v) is 2.04. The largest absolute Gasteiger partial charge is 0.508 e. The third-order valence-electron chi connectivity index (χ3n) is 2.98. The van der Waals surface area contributed by atoms with Crippen LogP contribution in [0.25, 0.3) is 0 Å². The number of aromatic hydroxyl groups is 1. The monoisotopic (exact) mass is 207 g/mol. The molecular formula is C12H17NO2. The maximum Gasteiger partial charge on any atom is 0.115 e. The van der Waals surface area contributed by atoms with Gasteiger partial charge in [0.1, 0.15) is 5.75 Å². The van der Waals surface area contributed by atoms with E-state index >= 15 is 0 Å². The van der Waals surface area contributed by atoms with E-state index in [1.165, 1.54) is 0 Å². The van der Waals surface area contributed by atoms with E-state index in [0.717, 1.165) is 31.4 Å². The number of aliphatic hydroxyl groups is 1. The molecule has 0 spiro atoms. The molecule has 2 atom stereocenters. The molecule has 0 saturated heterocycles. The van der Waals surface area contributed by atoms with E-state index in [1.807, 2.05) is 12.1 Å². The van der Waals surface area contributed by atoms with Gasteiger partial charge in [-0.3, -0.25) is 0 Å². The summed E-state index contributed by atoms with van der Waals surface area (Å²) in [5, 5.41) is 22.1. The number of nitrogens with one attached hydrogen (secondary N) is 1. The lowest BCUT2D eigenvalue weighted by Gasteiger charge is -2.16. The number of hydrogen-bond donors (Lipinski definition) is 3. The van der Waals surface area contributed by atoms with Gasteiger partial charge in [-0.2, -0.15) is 0 Å². The van der Waals surface area contributed by atoms with Gasteiger partial charge in [0.2, 0.25) is 0 Å². The first-order valence-electron chi connectivity index (χ1n) is 5.45. The number of benzene rings is 1. The smallest absolute Gasteiger partial charge is 0.115 e. The molecule has 0 heterocycles. The number of phenols is 1. The van der Waals surface area contributed by atoms with Crippen molar-refractivity contribution in [1.82, 2.24) is 5.32 Å². The van der Waals surface area contributed by atoms with E-state index in [1.54, 1.807) is 12.1 Å².